The van der Waals surface area contributed by atoms with Gasteiger partial charge in [-0.3, -0.25) is 4.99 Å². The summed E-state index contributed by atoms with van der Waals surface area (Å²) in [6, 6.07) is 18.3. The number of ether oxygens (including phenoxy) is 1. The molecule has 1 heterocycles. The Balaban J connectivity index is 1.90. The second-order valence-electron chi connectivity index (χ2n) is 8.44. The highest BCUT2D eigenvalue weighted by Crippen LogP contribution is 2.48. The first-order valence-corrected chi connectivity index (χ1v) is 11.5. The molecule has 0 spiro atoms. The highest BCUT2D eigenvalue weighted by molar-refractivity contribution is 6.30. The highest BCUT2D eigenvalue weighted by atomic mass is 35.5. The number of rotatable bonds is 5. The summed E-state index contributed by atoms with van der Waals surface area (Å²) in [5, 5.41) is 4.69. The number of hydrogen-bond acceptors (Lipinski definition) is 3. The van der Waals surface area contributed by atoms with Crippen molar-refractivity contribution in [1.29, 1.82) is 0 Å². The molecule has 0 aromatic heterocycles. The standard InChI is InChI=1S/C26H23Cl2F3N2O/c1-4-34-22-15-18(26(29,30)31)9-14-21(22)23-32-24(2,16-5-10-19(27)11-6-16)25(3,33-23)17-7-12-20(28)13-8-17/h5-15H,4H2,1-3H3,(H,32,33)/t24-,25+. The van der Waals surface area contributed by atoms with Crippen LogP contribution in [0.3, 0.4) is 0 Å². The summed E-state index contributed by atoms with van der Waals surface area (Å²) < 4.78 is 45.7. The van der Waals surface area contributed by atoms with Crippen LogP contribution in [0, 0.1) is 0 Å². The molecule has 0 radical (unpaired) electrons. The molecule has 178 valence electrons. The molecule has 0 aliphatic carbocycles. The van der Waals surface area contributed by atoms with Crippen LogP contribution in [0.25, 0.3) is 0 Å². The van der Waals surface area contributed by atoms with E-state index in [0.717, 1.165) is 23.3 Å². The van der Waals surface area contributed by atoms with E-state index < -0.39 is 22.8 Å². The molecule has 4 rings (SSSR count). The zero-order chi connectivity index (χ0) is 24.7. The van der Waals surface area contributed by atoms with Crippen LogP contribution in [-0.2, 0) is 17.3 Å². The average Bonchev–Trinajstić information content (AvgIpc) is 3.06. The maximum absolute atomic E-state index is 13.3. The van der Waals surface area contributed by atoms with Crippen LogP contribution < -0.4 is 10.1 Å². The van der Waals surface area contributed by atoms with E-state index in [1.807, 2.05) is 38.1 Å². The van der Waals surface area contributed by atoms with Crippen LogP contribution in [0.1, 0.15) is 43.0 Å². The molecular formula is C26H23Cl2F3N2O. The largest absolute Gasteiger partial charge is 0.493 e. The van der Waals surface area contributed by atoms with Crippen LogP contribution in [0.5, 0.6) is 5.75 Å². The van der Waals surface area contributed by atoms with E-state index in [-0.39, 0.29) is 12.4 Å². The van der Waals surface area contributed by atoms with Gasteiger partial charge in [-0.25, -0.2) is 0 Å². The van der Waals surface area contributed by atoms with Crippen LogP contribution in [0.2, 0.25) is 10.0 Å². The lowest BCUT2D eigenvalue weighted by Crippen LogP contribution is -2.50. The molecule has 2 atom stereocenters. The lowest BCUT2D eigenvalue weighted by Gasteiger charge is -2.40. The van der Waals surface area contributed by atoms with Crippen molar-refractivity contribution in [2.24, 2.45) is 4.99 Å². The van der Waals surface area contributed by atoms with E-state index in [2.05, 4.69) is 5.32 Å². The summed E-state index contributed by atoms with van der Waals surface area (Å²) in [7, 11) is 0. The van der Waals surface area contributed by atoms with Crippen LogP contribution in [0.15, 0.2) is 71.7 Å². The van der Waals surface area contributed by atoms with Crippen LogP contribution in [-0.4, -0.2) is 12.4 Å². The summed E-state index contributed by atoms with van der Waals surface area (Å²) in [4.78, 5) is 5.05. The predicted molar refractivity (Wildman–Crippen MR) is 130 cm³/mol. The molecule has 3 nitrogen and oxygen atoms in total. The van der Waals surface area contributed by atoms with Gasteiger partial charge < -0.3 is 10.1 Å². The third kappa shape index (κ3) is 4.25. The summed E-state index contributed by atoms with van der Waals surface area (Å²) >= 11 is 12.3. The van der Waals surface area contributed by atoms with Gasteiger partial charge in [-0.2, -0.15) is 13.2 Å². The molecule has 1 aliphatic rings. The minimum Gasteiger partial charge on any atom is -0.493 e. The quantitative estimate of drug-likeness (QED) is 0.386. The van der Waals surface area contributed by atoms with Crippen molar-refractivity contribution in [2.45, 2.75) is 38.0 Å². The molecule has 3 aromatic carbocycles. The molecule has 0 bridgehead atoms. The molecule has 0 fully saturated rings. The Morgan fingerprint density at radius 1 is 0.882 bits per heavy atom. The Morgan fingerprint density at radius 2 is 1.44 bits per heavy atom. The summed E-state index contributed by atoms with van der Waals surface area (Å²) in [5.74, 6) is 0.550. The van der Waals surface area contributed by atoms with E-state index in [1.165, 1.54) is 6.07 Å². The third-order valence-corrected chi connectivity index (χ3v) is 6.87. The molecule has 0 unspecified atom stereocenters. The topological polar surface area (TPSA) is 33.6 Å². The van der Waals surface area contributed by atoms with Gasteiger partial charge >= 0.3 is 6.18 Å². The maximum atomic E-state index is 13.3. The van der Waals surface area contributed by atoms with Gasteiger partial charge in [0.1, 0.15) is 17.1 Å². The average molecular weight is 507 g/mol. The van der Waals surface area contributed by atoms with Gasteiger partial charge in [0.2, 0.25) is 0 Å². The fraction of sp³-hybridized carbons (Fsp3) is 0.269. The molecule has 1 N–H and O–H groups in total. The third-order valence-electron chi connectivity index (χ3n) is 6.37. The number of alkyl halides is 3. The molecular weight excluding hydrogens is 484 g/mol. The molecule has 0 amide bonds. The monoisotopic (exact) mass is 506 g/mol. The molecule has 0 saturated carbocycles. The first-order chi connectivity index (χ1) is 16.0. The first kappa shape index (κ1) is 24.4. The lowest BCUT2D eigenvalue weighted by molar-refractivity contribution is -0.137. The van der Waals surface area contributed by atoms with Crippen molar-refractivity contribution in [3.05, 3.63) is 99.0 Å². The Labute approximate surface area is 206 Å². The summed E-state index contributed by atoms with van der Waals surface area (Å²) in [5.41, 5.74) is -0.105. The van der Waals surface area contributed by atoms with E-state index in [4.69, 9.17) is 32.9 Å². The highest BCUT2D eigenvalue weighted by Gasteiger charge is 2.52. The number of amidine groups is 1. The fourth-order valence-corrected chi connectivity index (χ4v) is 4.53. The number of hydrogen-bond donors (Lipinski definition) is 1. The molecule has 34 heavy (non-hydrogen) atoms. The number of halogens is 5. The normalized spacial score (nSPS) is 22.3. The SMILES string of the molecule is CCOc1cc(C(F)(F)F)ccc1C1=N[C@@](C)(c2ccc(Cl)cc2)[C@@](C)(c2ccc(Cl)cc2)N1. The van der Waals surface area contributed by atoms with Crippen molar-refractivity contribution in [3.8, 4) is 5.75 Å². The van der Waals surface area contributed by atoms with Gasteiger partial charge in [0.05, 0.1) is 23.3 Å². The van der Waals surface area contributed by atoms with Gasteiger partial charge in [-0.15, -0.1) is 0 Å². The van der Waals surface area contributed by atoms with Crippen molar-refractivity contribution in [1.82, 2.24) is 5.32 Å². The summed E-state index contributed by atoms with van der Waals surface area (Å²) in [6.45, 7) is 5.93. The van der Waals surface area contributed by atoms with E-state index in [1.54, 1.807) is 31.2 Å². The number of nitrogens with zero attached hydrogens (tertiary/aromatic N) is 1. The Bertz CT molecular complexity index is 1230. The zero-order valence-electron chi connectivity index (χ0n) is 18.8. The molecule has 1 aliphatic heterocycles. The number of nitrogens with one attached hydrogen (secondary N) is 1. The van der Waals surface area contributed by atoms with Crippen LogP contribution in [0.4, 0.5) is 13.2 Å². The smallest absolute Gasteiger partial charge is 0.416 e. The van der Waals surface area contributed by atoms with Crippen LogP contribution >= 0.6 is 23.2 Å². The maximum Gasteiger partial charge on any atom is 0.416 e. The number of benzene rings is 3. The Morgan fingerprint density at radius 3 is 1.97 bits per heavy atom. The van der Waals surface area contributed by atoms with Gasteiger partial charge in [0, 0.05) is 10.0 Å². The van der Waals surface area contributed by atoms with E-state index >= 15 is 0 Å². The van der Waals surface area contributed by atoms with Crippen molar-refractivity contribution in [3.63, 3.8) is 0 Å². The van der Waals surface area contributed by atoms with Gasteiger partial charge in [-0.1, -0.05) is 47.5 Å². The minimum absolute atomic E-state index is 0.113. The Hall–Kier alpha value is -2.70. The van der Waals surface area contributed by atoms with Crippen molar-refractivity contribution in [2.75, 3.05) is 6.61 Å². The second kappa shape index (κ2) is 8.82. The van der Waals surface area contributed by atoms with Gasteiger partial charge in [-0.05, 0) is 74.4 Å². The van der Waals surface area contributed by atoms with Crippen molar-refractivity contribution < 1.29 is 17.9 Å². The zero-order valence-corrected chi connectivity index (χ0v) is 20.3. The van der Waals surface area contributed by atoms with Gasteiger partial charge in [0.15, 0.2) is 0 Å². The number of aliphatic imine (C=N–C) groups is 1. The Kier molecular flexibility index (Phi) is 6.34. The second-order valence-corrected chi connectivity index (χ2v) is 9.31. The summed E-state index contributed by atoms with van der Waals surface area (Å²) in [6.07, 6.45) is -4.48. The fourth-order valence-electron chi connectivity index (χ4n) is 4.28. The minimum atomic E-state index is -4.48. The van der Waals surface area contributed by atoms with Crippen molar-refractivity contribution >= 4 is 29.0 Å². The predicted octanol–water partition coefficient (Wildman–Crippen LogP) is 7.59. The molecule has 0 saturated heterocycles. The molecule has 3 aromatic rings. The molecule has 8 heteroatoms. The lowest BCUT2D eigenvalue weighted by atomic mass is 9.72. The first-order valence-electron chi connectivity index (χ1n) is 10.7. The van der Waals surface area contributed by atoms with E-state index in [0.29, 0.717) is 21.4 Å². The van der Waals surface area contributed by atoms with E-state index in [9.17, 15) is 13.2 Å². The van der Waals surface area contributed by atoms with Gasteiger partial charge in [0.25, 0.3) is 0 Å².